The number of pyridine rings is 1. The number of benzene rings is 4. The van der Waals surface area contributed by atoms with Gasteiger partial charge in [-0.2, -0.15) is 0 Å². The van der Waals surface area contributed by atoms with E-state index in [1.807, 2.05) is 60.7 Å². The zero-order valence-electron chi connectivity index (χ0n) is 30.6. The van der Waals surface area contributed by atoms with Crippen molar-refractivity contribution in [3.63, 3.8) is 0 Å². The number of thioether (sulfide) groups is 1. The van der Waals surface area contributed by atoms with Gasteiger partial charge in [0.25, 0.3) is 11.6 Å². The Morgan fingerprint density at radius 2 is 1.62 bits per heavy atom. The number of β-lactam (4-membered cyclic amide) rings is 1. The number of carbonyl (C=O) groups excluding carboxylic acids is 4. The second-order valence-corrected chi connectivity index (χ2v) is 15.1. The number of nitro benzene ring substituents is 1. The Morgan fingerprint density at radius 3 is 2.26 bits per heavy atom. The van der Waals surface area contributed by atoms with Crippen molar-refractivity contribution in [2.24, 2.45) is 0 Å². The topological polar surface area (TPSA) is 208 Å². The summed E-state index contributed by atoms with van der Waals surface area (Å²) in [4.78, 5) is 70.4. The number of ether oxygens (including phenoxy) is 3. The highest BCUT2D eigenvalue weighted by Gasteiger charge is 2.64. The minimum Gasteiger partial charge on any atom is -0.504 e. The first kappa shape index (κ1) is 39.1. The number of esters is 2. The van der Waals surface area contributed by atoms with Crippen molar-refractivity contribution in [2.45, 2.75) is 35.7 Å². The van der Waals surface area contributed by atoms with Crippen LogP contribution in [0, 0.1) is 10.1 Å². The number of phenols is 2. The summed E-state index contributed by atoms with van der Waals surface area (Å²) in [6, 6.07) is 29.0. The van der Waals surface area contributed by atoms with Crippen molar-refractivity contribution in [1.29, 1.82) is 0 Å². The number of hydrogen-bond donors (Lipinski definition) is 3. The number of nitrogens with zero attached hydrogens (tertiary/aromatic N) is 3. The number of nitro groups is 1. The fourth-order valence-electron chi connectivity index (χ4n) is 6.53. The first-order valence-corrected chi connectivity index (χ1v) is 18.6. The van der Waals surface area contributed by atoms with E-state index in [0.29, 0.717) is 16.7 Å². The summed E-state index contributed by atoms with van der Waals surface area (Å²) >= 11 is 1.23. The van der Waals surface area contributed by atoms with E-state index >= 15 is 0 Å². The van der Waals surface area contributed by atoms with Gasteiger partial charge in [0.2, 0.25) is 0 Å². The van der Waals surface area contributed by atoms with E-state index in [2.05, 4.69) is 10.3 Å². The third-order valence-corrected chi connectivity index (χ3v) is 11.0. The lowest BCUT2D eigenvalue weighted by molar-refractivity contribution is -0.384. The zero-order valence-corrected chi connectivity index (χ0v) is 31.4. The number of carbonyl (C=O) groups is 4. The number of amides is 2. The average Bonchev–Trinajstić information content (AvgIpc) is 3.51. The van der Waals surface area contributed by atoms with Crippen LogP contribution < -0.4 is 10.1 Å². The lowest BCUT2D eigenvalue weighted by atomic mass is 9.93. The number of phenolic OH excluding ortho intramolecular Hbond substituents is 2. The molecule has 0 bridgehead atoms. The fourth-order valence-corrected chi connectivity index (χ4v) is 8.14. The smallest absolute Gasteiger partial charge is 0.407 e. The summed E-state index contributed by atoms with van der Waals surface area (Å²) in [5.41, 5.74) is 2.36. The van der Waals surface area contributed by atoms with Gasteiger partial charge in [-0.05, 0) is 66.1 Å². The van der Waals surface area contributed by atoms with Crippen LogP contribution in [-0.4, -0.2) is 71.7 Å². The molecule has 1 unspecified atom stereocenters. The minimum absolute atomic E-state index is 0.0363. The van der Waals surface area contributed by atoms with Crippen molar-refractivity contribution >= 4 is 47.5 Å². The predicted octanol–water partition coefficient (Wildman–Crippen LogP) is 6.31. The van der Waals surface area contributed by atoms with Gasteiger partial charge in [0, 0.05) is 24.9 Å². The van der Waals surface area contributed by atoms with Crippen LogP contribution in [0.15, 0.2) is 127 Å². The monoisotopic (exact) mass is 802 g/mol. The van der Waals surface area contributed by atoms with Crippen molar-refractivity contribution in [2.75, 3.05) is 6.61 Å². The second kappa shape index (κ2) is 16.5. The summed E-state index contributed by atoms with van der Waals surface area (Å²) in [7, 11) is 0. The maximum atomic E-state index is 14.4. The van der Waals surface area contributed by atoms with Crippen molar-refractivity contribution in [3.8, 4) is 17.2 Å². The highest BCUT2D eigenvalue weighted by Crippen LogP contribution is 2.54. The molecule has 3 N–H and O–H groups in total. The maximum Gasteiger partial charge on any atom is 0.407 e. The standard InChI is InChI=1S/C42H34N4O11S/c1-42(24-55-41(52)44-23-25-12-17-33(47)34(48)20-25)36(40(51)57-35(26-8-4-2-5-9-26)27-10-6-3-7-11-27)45-37(49)32(38(45)58-42)22-29-21-28(18-19-43-29)39(50)56-31-15-13-30(14-16-31)46(53)54/h2-22,35-36,38,47-48H,23-24H2,1H3,(H,44,52)/b32-22-/t36-,38?,42-/m0/s1. The quantitative estimate of drug-likeness (QED) is 0.0241. The molecular formula is C42H34N4O11S. The van der Waals surface area contributed by atoms with Crippen molar-refractivity contribution in [3.05, 3.63) is 165 Å². The Kier molecular flexibility index (Phi) is 11.1. The third-order valence-electron chi connectivity index (χ3n) is 9.44. The maximum absolute atomic E-state index is 14.4. The van der Waals surface area contributed by atoms with Gasteiger partial charge in [-0.1, -0.05) is 66.7 Å². The van der Waals surface area contributed by atoms with Gasteiger partial charge in [-0.15, -0.1) is 11.8 Å². The number of alkyl carbamates (subject to hydrolysis) is 1. The van der Waals surface area contributed by atoms with Crippen LogP contribution >= 0.6 is 11.8 Å². The third kappa shape index (κ3) is 8.31. The van der Waals surface area contributed by atoms with Gasteiger partial charge >= 0.3 is 18.0 Å². The van der Waals surface area contributed by atoms with E-state index < -0.39 is 51.1 Å². The lowest BCUT2D eigenvalue weighted by Gasteiger charge is -2.40. The van der Waals surface area contributed by atoms with Crippen LogP contribution in [0.5, 0.6) is 17.2 Å². The van der Waals surface area contributed by atoms with Gasteiger partial charge in [-0.25, -0.2) is 14.4 Å². The van der Waals surface area contributed by atoms with E-state index in [1.165, 1.54) is 83.5 Å². The van der Waals surface area contributed by atoms with E-state index in [0.717, 1.165) is 0 Å². The Bertz CT molecular complexity index is 2370. The molecule has 0 aliphatic carbocycles. The molecule has 294 valence electrons. The summed E-state index contributed by atoms with van der Waals surface area (Å²) in [6.07, 6.45) is 1.22. The molecule has 1 aromatic heterocycles. The molecule has 15 nitrogen and oxygen atoms in total. The number of nitrogens with one attached hydrogen (secondary N) is 1. The van der Waals surface area contributed by atoms with Crippen molar-refractivity contribution in [1.82, 2.24) is 15.2 Å². The summed E-state index contributed by atoms with van der Waals surface area (Å²) in [6.45, 7) is 1.35. The van der Waals surface area contributed by atoms with Gasteiger partial charge in [0.1, 0.15) is 23.8 Å². The molecule has 2 fully saturated rings. The molecule has 5 aromatic rings. The number of aromatic nitrogens is 1. The molecule has 16 heteroatoms. The zero-order chi connectivity index (χ0) is 41.0. The fraction of sp³-hybridized carbons (Fsp3) is 0.167. The molecule has 2 aliphatic heterocycles. The SMILES string of the molecule is C[C@@]1(COC(=O)NCc2ccc(O)c(O)c2)SC2/C(=C\c3cc(C(=O)Oc4ccc([N+](=O)[O-])cc4)ccn3)C(=O)N2[C@H]1C(=O)OC(c1ccccc1)c1ccccc1. The first-order chi connectivity index (χ1) is 27.9. The molecule has 2 amide bonds. The second-order valence-electron chi connectivity index (χ2n) is 13.5. The number of hydrogen-bond acceptors (Lipinski definition) is 13. The summed E-state index contributed by atoms with van der Waals surface area (Å²) in [5, 5.41) is 32.3. The number of rotatable bonds is 12. The largest absolute Gasteiger partial charge is 0.504 e. The van der Waals surface area contributed by atoms with Crippen molar-refractivity contribution < 1.29 is 48.5 Å². The van der Waals surface area contributed by atoms with Crippen LogP contribution in [0.25, 0.3) is 6.08 Å². The molecule has 3 atom stereocenters. The van der Waals surface area contributed by atoms with Crippen LogP contribution in [0.4, 0.5) is 10.5 Å². The minimum atomic E-state index is -1.22. The van der Waals surface area contributed by atoms with Gasteiger partial charge in [0.15, 0.2) is 17.6 Å². The van der Waals surface area contributed by atoms with Gasteiger partial charge in [0.05, 0.1) is 26.5 Å². The lowest BCUT2D eigenvalue weighted by Crippen LogP contribution is -2.60. The molecule has 3 heterocycles. The summed E-state index contributed by atoms with van der Waals surface area (Å²) < 4.78 is 16.0. The molecule has 7 rings (SSSR count). The van der Waals surface area contributed by atoms with E-state index in [1.54, 1.807) is 6.92 Å². The van der Waals surface area contributed by atoms with Crippen LogP contribution in [0.1, 0.15) is 45.8 Å². The van der Waals surface area contributed by atoms with E-state index in [4.69, 9.17) is 14.2 Å². The Hall–Kier alpha value is -7.20. The number of fused-ring (bicyclic) bond motifs is 1. The van der Waals surface area contributed by atoms with Crippen LogP contribution in [0.3, 0.4) is 0 Å². The van der Waals surface area contributed by atoms with E-state index in [9.17, 15) is 39.5 Å². The first-order valence-electron chi connectivity index (χ1n) is 17.8. The predicted molar refractivity (Wildman–Crippen MR) is 209 cm³/mol. The van der Waals surface area contributed by atoms with Crippen LogP contribution in [0.2, 0.25) is 0 Å². The molecule has 4 aromatic carbocycles. The van der Waals surface area contributed by atoms with Crippen LogP contribution in [-0.2, 0) is 25.6 Å². The Balaban J connectivity index is 1.12. The Morgan fingerprint density at radius 1 is 0.948 bits per heavy atom. The molecular weight excluding hydrogens is 769 g/mol. The molecule has 0 saturated carbocycles. The Labute approximate surface area is 335 Å². The average molecular weight is 803 g/mol. The molecule has 2 aliphatic rings. The number of non-ortho nitro benzene ring substituents is 1. The highest BCUT2D eigenvalue weighted by molar-refractivity contribution is 8.02. The molecule has 58 heavy (non-hydrogen) atoms. The molecule has 2 saturated heterocycles. The normalized spacial score (nSPS) is 18.9. The van der Waals surface area contributed by atoms with Gasteiger partial charge < -0.3 is 34.6 Å². The number of aromatic hydroxyl groups is 2. The van der Waals surface area contributed by atoms with E-state index in [-0.39, 0.29) is 52.9 Å². The molecule has 0 spiro atoms. The molecule has 0 radical (unpaired) electrons. The highest BCUT2D eigenvalue weighted by atomic mass is 32.2. The summed E-state index contributed by atoms with van der Waals surface area (Å²) in [5.74, 6) is -2.54. The van der Waals surface area contributed by atoms with Gasteiger partial charge in [-0.3, -0.25) is 19.9 Å².